The van der Waals surface area contributed by atoms with Gasteiger partial charge < -0.3 is 14.5 Å². The number of rotatable bonds is 6. The van der Waals surface area contributed by atoms with Gasteiger partial charge in [0.15, 0.2) is 5.65 Å². The van der Waals surface area contributed by atoms with E-state index in [9.17, 15) is 9.59 Å². The number of methoxy groups -OCH3 is 1. The first-order chi connectivity index (χ1) is 16.1. The average molecular weight is 438 g/mol. The monoisotopic (exact) mass is 438 g/mol. The van der Waals surface area contributed by atoms with Crippen LogP contribution in [-0.4, -0.2) is 27.0 Å². The van der Waals surface area contributed by atoms with Crippen LogP contribution in [0.25, 0.3) is 16.7 Å². The van der Waals surface area contributed by atoms with Crippen LogP contribution < -0.4 is 15.6 Å². The molecule has 0 unspecified atom stereocenters. The van der Waals surface area contributed by atoms with Crippen LogP contribution in [-0.2, 0) is 13.1 Å². The number of nitrogens with one attached hydrogen (secondary N) is 1. The SMILES string of the molecule is COc1cccc(CNC(=O)c2ccc(Cn3c(=O)c4cccn4c4cccnc43)cc2)c1. The van der Waals surface area contributed by atoms with Crippen LogP contribution >= 0.6 is 0 Å². The minimum atomic E-state index is -0.164. The van der Waals surface area contributed by atoms with E-state index in [-0.39, 0.29) is 11.5 Å². The van der Waals surface area contributed by atoms with E-state index in [2.05, 4.69) is 10.3 Å². The van der Waals surface area contributed by atoms with E-state index in [1.165, 1.54) is 0 Å². The lowest BCUT2D eigenvalue weighted by Crippen LogP contribution is -2.24. The summed E-state index contributed by atoms with van der Waals surface area (Å²) < 4.78 is 8.75. The third-order valence-electron chi connectivity index (χ3n) is 5.64. The predicted octanol–water partition coefficient (Wildman–Crippen LogP) is 3.64. The molecule has 0 atom stereocenters. The molecule has 2 aromatic carbocycles. The summed E-state index contributed by atoms with van der Waals surface area (Å²) in [4.78, 5) is 30.1. The van der Waals surface area contributed by atoms with E-state index in [1.54, 1.807) is 36.1 Å². The van der Waals surface area contributed by atoms with Gasteiger partial charge in [-0.3, -0.25) is 14.2 Å². The number of hydrogen-bond donors (Lipinski definition) is 1. The summed E-state index contributed by atoms with van der Waals surface area (Å²) in [6, 6.07) is 22.3. The molecule has 0 bridgehead atoms. The second kappa shape index (κ2) is 8.63. The first-order valence-electron chi connectivity index (χ1n) is 10.6. The summed E-state index contributed by atoms with van der Waals surface area (Å²) in [6.07, 6.45) is 3.55. The van der Waals surface area contributed by atoms with Gasteiger partial charge in [-0.25, -0.2) is 4.98 Å². The van der Waals surface area contributed by atoms with Crippen LogP contribution in [0.3, 0.4) is 0 Å². The molecule has 33 heavy (non-hydrogen) atoms. The molecule has 0 saturated carbocycles. The lowest BCUT2D eigenvalue weighted by Gasteiger charge is -2.12. The lowest BCUT2D eigenvalue weighted by atomic mass is 10.1. The van der Waals surface area contributed by atoms with Gasteiger partial charge in [-0.15, -0.1) is 0 Å². The van der Waals surface area contributed by atoms with Crippen LogP contribution in [0.1, 0.15) is 21.5 Å². The largest absolute Gasteiger partial charge is 0.497 e. The number of carbonyl (C=O) groups excluding carboxylic acids is 1. The Labute approximate surface area is 189 Å². The molecule has 3 aromatic heterocycles. The van der Waals surface area contributed by atoms with Gasteiger partial charge in [-0.1, -0.05) is 24.3 Å². The lowest BCUT2D eigenvalue weighted by molar-refractivity contribution is 0.0951. The third-order valence-corrected chi connectivity index (χ3v) is 5.64. The fourth-order valence-corrected chi connectivity index (χ4v) is 3.94. The highest BCUT2D eigenvalue weighted by molar-refractivity contribution is 5.94. The molecular weight excluding hydrogens is 416 g/mol. The van der Waals surface area contributed by atoms with Gasteiger partial charge in [-0.2, -0.15) is 0 Å². The van der Waals surface area contributed by atoms with Crippen molar-refractivity contribution in [3.8, 4) is 5.75 Å². The van der Waals surface area contributed by atoms with Crippen molar-refractivity contribution in [2.24, 2.45) is 0 Å². The molecule has 0 spiro atoms. The minimum Gasteiger partial charge on any atom is -0.497 e. The summed E-state index contributed by atoms with van der Waals surface area (Å²) in [5, 5.41) is 2.92. The van der Waals surface area contributed by atoms with Crippen LogP contribution in [0, 0.1) is 0 Å². The molecule has 7 nitrogen and oxygen atoms in total. The number of fused-ring (bicyclic) bond motifs is 3. The quantitative estimate of drug-likeness (QED) is 0.439. The second-order valence-electron chi connectivity index (χ2n) is 7.73. The Kier molecular flexibility index (Phi) is 5.36. The number of aromatic nitrogens is 3. The van der Waals surface area contributed by atoms with Crippen molar-refractivity contribution in [1.29, 1.82) is 0 Å². The fourth-order valence-electron chi connectivity index (χ4n) is 3.94. The summed E-state index contributed by atoms with van der Waals surface area (Å²) in [5.74, 6) is 0.588. The highest BCUT2D eigenvalue weighted by atomic mass is 16.5. The van der Waals surface area contributed by atoms with Crippen LogP contribution in [0.2, 0.25) is 0 Å². The number of pyridine rings is 1. The zero-order valence-electron chi connectivity index (χ0n) is 18.1. The number of amides is 1. The van der Waals surface area contributed by atoms with E-state index < -0.39 is 0 Å². The van der Waals surface area contributed by atoms with Crippen LogP contribution in [0.4, 0.5) is 0 Å². The van der Waals surface area contributed by atoms with E-state index in [1.807, 2.05) is 65.2 Å². The maximum Gasteiger partial charge on any atom is 0.276 e. The molecule has 0 fully saturated rings. The smallest absolute Gasteiger partial charge is 0.276 e. The summed E-state index contributed by atoms with van der Waals surface area (Å²) in [6.45, 7) is 0.766. The Morgan fingerprint density at radius 3 is 2.61 bits per heavy atom. The molecular formula is C26H22N4O3. The van der Waals surface area contributed by atoms with Crippen molar-refractivity contribution in [3.63, 3.8) is 0 Å². The number of hydrogen-bond acceptors (Lipinski definition) is 4. The van der Waals surface area contributed by atoms with Crippen molar-refractivity contribution in [1.82, 2.24) is 19.3 Å². The third kappa shape index (κ3) is 3.96. The van der Waals surface area contributed by atoms with Gasteiger partial charge in [-0.05, 0) is 59.7 Å². The number of ether oxygens (including phenoxy) is 1. The molecule has 0 aliphatic rings. The minimum absolute atomic E-state index is 0.105. The van der Waals surface area contributed by atoms with E-state index in [0.29, 0.717) is 29.8 Å². The number of carbonyl (C=O) groups is 1. The Morgan fingerprint density at radius 1 is 0.970 bits per heavy atom. The van der Waals surface area contributed by atoms with Gasteiger partial charge in [0.05, 0.1) is 19.2 Å². The first-order valence-corrected chi connectivity index (χ1v) is 10.6. The standard InChI is InChI=1S/C26H22N4O3/c1-33-21-6-2-5-19(15-21)16-28-25(31)20-11-9-18(10-12-20)17-30-24-22(7-3-13-27-24)29-14-4-8-23(29)26(30)32/h2-15H,16-17H2,1H3,(H,28,31). The number of nitrogens with zero attached hydrogens (tertiary/aromatic N) is 3. The molecule has 7 heteroatoms. The van der Waals surface area contributed by atoms with Gasteiger partial charge in [0.25, 0.3) is 11.5 Å². The molecule has 1 N–H and O–H groups in total. The van der Waals surface area contributed by atoms with Crippen LogP contribution in [0.5, 0.6) is 5.75 Å². The topological polar surface area (TPSA) is 77.6 Å². The zero-order chi connectivity index (χ0) is 22.8. The fraction of sp³-hybridized carbons (Fsp3) is 0.115. The Balaban J connectivity index is 1.36. The van der Waals surface area contributed by atoms with Gasteiger partial charge in [0, 0.05) is 24.5 Å². The molecule has 164 valence electrons. The van der Waals surface area contributed by atoms with Crippen molar-refractivity contribution in [3.05, 3.63) is 112 Å². The van der Waals surface area contributed by atoms with Crippen molar-refractivity contribution >= 4 is 22.6 Å². The maximum absolute atomic E-state index is 13.1. The molecule has 0 aliphatic carbocycles. The molecule has 1 amide bonds. The molecule has 3 heterocycles. The summed E-state index contributed by atoms with van der Waals surface area (Å²) >= 11 is 0. The van der Waals surface area contributed by atoms with Gasteiger partial charge in [0.1, 0.15) is 11.3 Å². The van der Waals surface area contributed by atoms with Gasteiger partial charge in [0.2, 0.25) is 0 Å². The first kappa shape index (κ1) is 20.5. The maximum atomic E-state index is 13.1. The molecule has 0 aliphatic heterocycles. The highest BCUT2D eigenvalue weighted by Gasteiger charge is 2.12. The van der Waals surface area contributed by atoms with E-state index >= 15 is 0 Å². The summed E-state index contributed by atoms with van der Waals surface area (Å²) in [7, 11) is 1.61. The van der Waals surface area contributed by atoms with Crippen molar-refractivity contribution < 1.29 is 9.53 Å². The van der Waals surface area contributed by atoms with Crippen LogP contribution in [0.15, 0.2) is 90.0 Å². The van der Waals surface area contributed by atoms with E-state index in [4.69, 9.17) is 4.74 Å². The second-order valence-corrected chi connectivity index (χ2v) is 7.73. The normalized spacial score (nSPS) is 11.1. The van der Waals surface area contributed by atoms with E-state index in [0.717, 1.165) is 22.4 Å². The molecule has 0 saturated heterocycles. The zero-order valence-corrected chi connectivity index (χ0v) is 18.1. The predicted molar refractivity (Wildman–Crippen MR) is 127 cm³/mol. The number of benzene rings is 2. The summed E-state index contributed by atoms with van der Waals surface area (Å²) in [5.41, 5.74) is 4.40. The molecule has 0 radical (unpaired) electrons. The Bertz CT molecular complexity index is 1520. The highest BCUT2D eigenvalue weighted by Crippen LogP contribution is 2.15. The van der Waals surface area contributed by atoms with Gasteiger partial charge >= 0.3 is 0 Å². The molecule has 5 aromatic rings. The Morgan fingerprint density at radius 2 is 1.79 bits per heavy atom. The average Bonchev–Trinajstić information content (AvgIpc) is 3.36. The Hall–Kier alpha value is -4.39. The van der Waals surface area contributed by atoms with Crippen molar-refractivity contribution in [2.75, 3.05) is 7.11 Å². The molecule has 5 rings (SSSR count). The van der Waals surface area contributed by atoms with Crippen molar-refractivity contribution in [2.45, 2.75) is 13.1 Å².